The molecular formula is C27H29N5O3. The van der Waals surface area contributed by atoms with Gasteiger partial charge in [-0.05, 0) is 62.9 Å². The molecule has 2 aromatic carbocycles. The number of carbonyl (C=O) groups excluding carboxylic acids is 2. The zero-order chi connectivity index (χ0) is 25.3. The maximum Gasteiger partial charge on any atom is 0.291 e. The number of rotatable bonds is 6. The molecule has 0 fully saturated rings. The smallest absolute Gasteiger partial charge is 0.291 e. The molecule has 35 heavy (non-hydrogen) atoms. The van der Waals surface area contributed by atoms with E-state index < -0.39 is 5.56 Å². The van der Waals surface area contributed by atoms with Crippen molar-refractivity contribution in [2.45, 2.75) is 47.7 Å². The molecule has 2 heterocycles. The molecule has 0 aliphatic heterocycles. The highest BCUT2D eigenvalue weighted by Gasteiger charge is 2.22. The molecule has 0 bridgehead atoms. The lowest BCUT2D eigenvalue weighted by molar-refractivity contribution is -0.117. The Kier molecular flexibility index (Phi) is 6.55. The molecule has 0 atom stereocenters. The third-order valence-electron chi connectivity index (χ3n) is 6.20. The Morgan fingerprint density at radius 3 is 2.34 bits per heavy atom. The lowest BCUT2D eigenvalue weighted by Crippen LogP contribution is -2.31. The van der Waals surface area contributed by atoms with Gasteiger partial charge in [0.05, 0.1) is 5.56 Å². The second kappa shape index (κ2) is 9.58. The van der Waals surface area contributed by atoms with Crippen molar-refractivity contribution in [3.63, 3.8) is 0 Å². The summed E-state index contributed by atoms with van der Waals surface area (Å²) in [6.45, 7) is 9.53. The quantitative estimate of drug-likeness (QED) is 0.449. The van der Waals surface area contributed by atoms with Crippen LogP contribution in [0.1, 0.15) is 43.9 Å². The zero-order valence-electron chi connectivity index (χ0n) is 20.6. The number of nitrogens with one attached hydrogen (secondary N) is 2. The minimum absolute atomic E-state index is 0.235. The van der Waals surface area contributed by atoms with Crippen molar-refractivity contribution in [2.75, 3.05) is 5.32 Å². The van der Waals surface area contributed by atoms with Crippen LogP contribution in [0.3, 0.4) is 0 Å². The molecule has 0 saturated carbocycles. The van der Waals surface area contributed by atoms with E-state index in [4.69, 9.17) is 0 Å². The second-order valence-corrected chi connectivity index (χ2v) is 8.93. The lowest BCUT2D eigenvalue weighted by atomic mass is 10.1. The number of hydrogen-bond donors (Lipinski definition) is 2. The Hall–Kier alpha value is -4.20. The fourth-order valence-corrected chi connectivity index (χ4v) is 4.18. The first kappa shape index (κ1) is 23.9. The van der Waals surface area contributed by atoms with Crippen LogP contribution < -0.4 is 16.2 Å². The van der Waals surface area contributed by atoms with Crippen molar-refractivity contribution in [1.82, 2.24) is 19.5 Å². The Morgan fingerprint density at radius 2 is 1.63 bits per heavy atom. The molecule has 0 aliphatic rings. The first-order valence-electron chi connectivity index (χ1n) is 11.4. The number of carbonyl (C=O) groups is 2. The van der Waals surface area contributed by atoms with Crippen molar-refractivity contribution in [1.29, 1.82) is 0 Å². The monoisotopic (exact) mass is 471 g/mol. The van der Waals surface area contributed by atoms with Gasteiger partial charge in [0.25, 0.3) is 11.5 Å². The molecule has 4 rings (SSSR count). The van der Waals surface area contributed by atoms with Gasteiger partial charge in [-0.1, -0.05) is 42.0 Å². The number of amides is 2. The third-order valence-corrected chi connectivity index (χ3v) is 6.20. The summed E-state index contributed by atoms with van der Waals surface area (Å²) in [5.41, 5.74) is 6.31. The van der Waals surface area contributed by atoms with Gasteiger partial charge in [-0.15, -0.1) is 0 Å². The van der Waals surface area contributed by atoms with Gasteiger partial charge in [0.2, 0.25) is 5.91 Å². The van der Waals surface area contributed by atoms with Gasteiger partial charge in [-0.25, -0.2) is 4.68 Å². The van der Waals surface area contributed by atoms with Crippen LogP contribution in [0.2, 0.25) is 0 Å². The van der Waals surface area contributed by atoms with Crippen molar-refractivity contribution >= 4 is 23.0 Å². The van der Waals surface area contributed by atoms with E-state index in [0.717, 1.165) is 26.9 Å². The number of anilines is 1. The Labute approximate surface area is 203 Å². The van der Waals surface area contributed by atoms with E-state index in [1.54, 1.807) is 18.2 Å². The summed E-state index contributed by atoms with van der Waals surface area (Å²) in [5.74, 6) is -0.613. The van der Waals surface area contributed by atoms with Crippen LogP contribution >= 0.6 is 0 Å². The number of hydrogen-bond acceptors (Lipinski definition) is 4. The van der Waals surface area contributed by atoms with E-state index in [0.29, 0.717) is 34.6 Å². The summed E-state index contributed by atoms with van der Waals surface area (Å²) in [4.78, 5) is 38.9. The van der Waals surface area contributed by atoms with Gasteiger partial charge < -0.3 is 10.6 Å². The molecule has 2 amide bonds. The zero-order valence-corrected chi connectivity index (χ0v) is 20.6. The molecule has 2 N–H and O–H groups in total. The van der Waals surface area contributed by atoms with E-state index in [1.165, 1.54) is 6.33 Å². The molecular weight excluding hydrogens is 442 g/mol. The van der Waals surface area contributed by atoms with Crippen LogP contribution in [0.15, 0.2) is 53.6 Å². The third kappa shape index (κ3) is 4.87. The SMILES string of the molecule is Cc1ccc(CNC(=O)c2c(C)c3c(=O)n(CC(=O)Nc4cc(C)ccc4C)ncn3c2C)cc1. The number of fused-ring (bicyclic) bond motifs is 1. The van der Waals surface area contributed by atoms with Gasteiger partial charge in [0, 0.05) is 17.9 Å². The highest BCUT2D eigenvalue weighted by molar-refractivity contribution is 5.99. The average molecular weight is 472 g/mol. The highest BCUT2D eigenvalue weighted by atomic mass is 16.2. The summed E-state index contributed by atoms with van der Waals surface area (Å²) < 4.78 is 2.73. The fourth-order valence-electron chi connectivity index (χ4n) is 4.18. The standard InChI is InChI=1S/C27H29N5O3/c1-16-7-10-21(11-8-16)13-28-26(34)24-19(4)25-27(35)32(29-15-31(25)20(24)5)14-23(33)30-22-12-17(2)6-9-18(22)3/h6-12,15H,13-14H2,1-5H3,(H,28,34)(H,30,33). The molecule has 8 nitrogen and oxygen atoms in total. The minimum Gasteiger partial charge on any atom is -0.348 e. The van der Waals surface area contributed by atoms with Crippen molar-refractivity contribution in [2.24, 2.45) is 0 Å². The summed E-state index contributed by atoms with van der Waals surface area (Å²) in [7, 11) is 0. The van der Waals surface area contributed by atoms with E-state index in [-0.39, 0.29) is 18.4 Å². The van der Waals surface area contributed by atoms with Crippen LogP contribution in [-0.2, 0) is 17.9 Å². The predicted molar refractivity (Wildman–Crippen MR) is 136 cm³/mol. The van der Waals surface area contributed by atoms with Gasteiger partial charge in [-0.3, -0.25) is 18.8 Å². The van der Waals surface area contributed by atoms with Gasteiger partial charge in [-0.2, -0.15) is 5.10 Å². The lowest BCUT2D eigenvalue weighted by Gasteiger charge is -2.10. The Balaban J connectivity index is 1.57. The topological polar surface area (TPSA) is 97.5 Å². The maximum atomic E-state index is 13.2. The number of aryl methyl sites for hydroxylation is 5. The van der Waals surface area contributed by atoms with Gasteiger partial charge in [0.1, 0.15) is 18.4 Å². The van der Waals surface area contributed by atoms with Gasteiger partial charge >= 0.3 is 0 Å². The fraction of sp³-hybridized carbons (Fsp3) is 0.259. The number of benzene rings is 2. The molecule has 2 aromatic heterocycles. The minimum atomic E-state index is -0.429. The highest BCUT2D eigenvalue weighted by Crippen LogP contribution is 2.20. The molecule has 180 valence electrons. The Morgan fingerprint density at radius 1 is 0.943 bits per heavy atom. The van der Waals surface area contributed by atoms with Crippen LogP contribution in [-0.4, -0.2) is 26.0 Å². The van der Waals surface area contributed by atoms with Crippen LogP contribution in [0.25, 0.3) is 5.52 Å². The molecule has 4 aromatic rings. The summed E-state index contributed by atoms with van der Waals surface area (Å²) >= 11 is 0. The van der Waals surface area contributed by atoms with E-state index in [1.807, 2.05) is 63.2 Å². The average Bonchev–Trinajstić information content (AvgIpc) is 3.07. The molecule has 0 spiro atoms. The summed E-state index contributed by atoms with van der Waals surface area (Å²) in [6, 6.07) is 13.7. The van der Waals surface area contributed by atoms with Crippen molar-refractivity contribution in [3.05, 3.63) is 98.2 Å². The predicted octanol–water partition coefficient (Wildman–Crippen LogP) is 3.61. The largest absolute Gasteiger partial charge is 0.348 e. The molecule has 0 unspecified atom stereocenters. The molecule has 0 radical (unpaired) electrons. The van der Waals surface area contributed by atoms with Gasteiger partial charge in [0.15, 0.2) is 0 Å². The number of nitrogens with zero attached hydrogens (tertiary/aromatic N) is 3. The van der Waals surface area contributed by atoms with Crippen molar-refractivity contribution < 1.29 is 9.59 Å². The first-order valence-corrected chi connectivity index (χ1v) is 11.4. The van der Waals surface area contributed by atoms with E-state index in [2.05, 4.69) is 15.7 Å². The van der Waals surface area contributed by atoms with Crippen LogP contribution in [0.5, 0.6) is 0 Å². The second-order valence-electron chi connectivity index (χ2n) is 8.93. The van der Waals surface area contributed by atoms with Crippen LogP contribution in [0, 0.1) is 34.6 Å². The summed E-state index contributed by atoms with van der Waals surface area (Å²) in [5, 5.41) is 9.96. The van der Waals surface area contributed by atoms with Crippen molar-refractivity contribution in [3.8, 4) is 0 Å². The number of aromatic nitrogens is 3. The van der Waals surface area contributed by atoms with Crippen LogP contribution in [0.4, 0.5) is 5.69 Å². The summed E-state index contributed by atoms with van der Waals surface area (Å²) in [6.07, 6.45) is 1.47. The first-order chi connectivity index (χ1) is 16.7. The Bertz CT molecular complexity index is 1500. The molecule has 8 heteroatoms. The van der Waals surface area contributed by atoms with E-state index in [9.17, 15) is 14.4 Å². The van der Waals surface area contributed by atoms with E-state index >= 15 is 0 Å². The maximum absolute atomic E-state index is 13.2. The molecule has 0 saturated heterocycles. The normalized spacial score (nSPS) is 11.0. The molecule has 0 aliphatic carbocycles.